The van der Waals surface area contributed by atoms with Crippen molar-refractivity contribution in [1.82, 2.24) is 5.32 Å². The maximum atomic E-state index is 12.5. The van der Waals surface area contributed by atoms with Gasteiger partial charge in [-0.15, -0.1) is 12.4 Å². The predicted molar refractivity (Wildman–Crippen MR) is 102 cm³/mol. The lowest BCUT2D eigenvalue weighted by molar-refractivity contribution is -0.115. The second-order valence-electron chi connectivity index (χ2n) is 5.97. The number of hydrogen-bond donors (Lipinski definition) is 3. The summed E-state index contributed by atoms with van der Waals surface area (Å²) in [6.07, 6.45) is 0.415. The molecule has 2 aromatic carbocycles. The van der Waals surface area contributed by atoms with Crippen molar-refractivity contribution in [2.45, 2.75) is 33.4 Å². The number of carbonyl (C=O) groups is 2. The fourth-order valence-electron chi connectivity index (χ4n) is 2.71. The van der Waals surface area contributed by atoms with Gasteiger partial charge in [0.1, 0.15) is 0 Å². The number of fused-ring (bicyclic) bond motifs is 1. The highest BCUT2D eigenvalue weighted by atomic mass is 35.5. The molecule has 0 radical (unpaired) electrons. The Morgan fingerprint density at radius 3 is 2.56 bits per heavy atom. The van der Waals surface area contributed by atoms with Gasteiger partial charge in [0.15, 0.2) is 0 Å². The molecule has 1 aliphatic rings. The van der Waals surface area contributed by atoms with Crippen LogP contribution in [0.15, 0.2) is 36.4 Å². The van der Waals surface area contributed by atoms with Gasteiger partial charge in [0.05, 0.1) is 0 Å². The van der Waals surface area contributed by atoms with Crippen molar-refractivity contribution in [3.05, 3.63) is 58.7 Å². The van der Waals surface area contributed by atoms with Crippen LogP contribution in [0.5, 0.6) is 0 Å². The molecule has 3 rings (SSSR count). The minimum absolute atomic E-state index is 0. The summed E-state index contributed by atoms with van der Waals surface area (Å²) in [5.41, 5.74) is 5.38. The number of anilines is 2. The SMILES string of the molecule is CCC(=O)Nc1ccc(C)c(NC(=O)c2ccc3c(c2)CNC3)c1.Cl. The van der Waals surface area contributed by atoms with Gasteiger partial charge in [0.25, 0.3) is 5.91 Å². The van der Waals surface area contributed by atoms with Crippen LogP contribution >= 0.6 is 12.4 Å². The summed E-state index contributed by atoms with van der Waals surface area (Å²) in [4.78, 5) is 24.1. The van der Waals surface area contributed by atoms with Crippen molar-refractivity contribution in [2.75, 3.05) is 10.6 Å². The maximum Gasteiger partial charge on any atom is 0.255 e. The van der Waals surface area contributed by atoms with Gasteiger partial charge in [-0.25, -0.2) is 0 Å². The van der Waals surface area contributed by atoms with Crippen molar-refractivity contribution < 1.29 is 9.59 Å². The molecule has 1 heterocycles. The molecule has 0 aromatic heterocycles. The van der Waals surface area contributed by atoms with E-state index in [0.717, 1.165) is 18.7 Å². The Kier molecular flexibility index (Phi) is 6.17. The number of amides is 2. The molecule has 132 valence electrons. The molecule has 0 aliphatic carbocycles. The molecular formula is C19H22ClN3O2. The van der Waals surface area contributed by atoms with Crippen LogP contribution in [-0.4, -0.2) is 11.8 Å². The average Bonchev–Trinajstić information content (AvgIpc) is 3.05. The van der Waals surface area contributed by atoms with Crippen molar-refractivity contribution in [3.8, 4) is 0 Å². The Bertz CT molecular complexity index is 805. The maximum absolute atomic E-state index is 12.5. The summed E-state index contributed by atoms with van der Waals surface area (Å²) in [7, 11) is 0. The second kappa shape index (κ2) is 8.14. The summed E-state index contributed by atoms with van der Waals surface area (Å²) < 4.78 is 0. The molecule has 25 heavy (non-hydrogen) atoms. The van der Waals surface area contributed by atoms with E-state index in [2.05, 4.69) is 16.0 Å². The van der Waals surface area contributed by atoms with Crippen LogP contribution in [0.25, 0.3) is 0 Å². The smallest absolute Gasteiger partial charge is 0.255 e. The Morgan fingerprint density at radius 2 is 1.80 bits per heavy atom. The number of hydrogen-bond acceptors (Lipinski definition) is 3. The van der Waals surface area contributed by atoms with E-state index in [-0.39, 0.29) is 24.2 Å². The highest BCUT2D eigenvalue weighted by Gasteiger charge is 2.14. The third-order valence-corrected chi connectivity index (χ3v) is 4.19. The molecule has 0 saturated heterocycles. The molecule has 5 nitrogen and oxygen atoms in total. The molecular weight excluding hydrogens is 338 g/mol. The molecule has 0 unspecified atom stereocenters. The fourth-order valence-corrected chi connectivity index (χ4v) is 2.71. The topological polar surface area (TPSA) is 70.2 Å². The van der Waals surface area contributed by atoms with Gasteiger partial charge in [-0.1, -0.05) is 19.1 Å². The van der Waals surface area contributed by atoms with E-state index < -0.39 is 0 Å². The highest BCUT2D eigenvalue weighted by molar-refractivity contribution is 6.05. The largest absolute Gasteiger partial charge is 0.326 e. The van der Waals surface area contributed by atoms with E-state index in [1.54, 1.807) is 13.0 Å². The van der Waals surface area contributed by atoms with Crippen LogP contribution in [0.4, 0.5) is 11.4 Å². The van der Waals surface area contributed by atoms with Gasteiger partial charge in [0.2, 0.25) is 5.91 Å². The minimum atomic E-state index is -0.147. The van der Waals surface area contributed by atoms with Gasteiger partial charge in [-0.05, 0) is 47.9 Å². The van der Waals surface area contributed by atoms with Crippen LogP contribution in [0.2, 0.25) is 0 Å². The molecule has 0 saturated carbocycles. The summed E-state index contributed by atoms with van der Waals surface area (Å²) >= 11 is 0. The molecule has 2 amide bonds. The van der Waals surface area contributed by atoms with Crippen LogP contribution in [0.1, 0.15) is 40.4 Å². The first-order valence-electron chi connectivity index (χ1n) is 8.11. The number of benzene rings is 2. The minimum Gasteiger partial charge on any atom is -0.326 e. The molecule has 2 aromatic rings. The first kappa shape index (κ1) is 19.0. The fraction of sp³-hybridized carbons (Fsp3) is 0.263. The van der Waals surface area contributed by atoms with E-state index in [0.29, 0.717) is 23.4 Å². The summed E-state index contributed by atoms with van der Waals surface area (Å²) in [5.74, 6) is -0.200. The van der Waals surface area contributed by atoms with Crippen LogP contribution < -0.4 is 16.0 Å². The Labute approximate surface area is 153 Å². The van der Waals surface area contributed by atoms with E-state index in [4.69, 9.17) is 0 Å². The van der Waals surface area contributed by atoms with Crippen LogP contribution in [-0.2, 0) is 17.9 Å². The number of nitrogens with one attached hydrogen (secondary N) is 3. The second-order valence-corrected chi connectivity index (χ2v) is 5.97. The zero-order valence-corrected chi connectivity index (χ0v) is 15.1. The van der Waals surface area contributed by atoms with Crippen molar-refractivity contribution >= 4 is 35.6 Å². The molecule has 0 atom stereocenters. The quantitative estimate of drug-likeness (QED) is 0.780. The standard InChI is InChI=1S/C19H21N3O2.ClH/c1-3-18(23)21-16-7-4-12(2)17(9-16)22-19(24)13-5-6-14-10-20-11-15(14)8-13;/h4-9,20H,3,10-11H2,1-2H3,(H,21,23)(H,22,24);1H. The Hall–Kier alpha value is -2.37. The van der Waals surface area contributed by atoms with Gasteiger partial charge >= 0.3 is 0 Å². The van der Waals surface area contributed by atoms with Crippen molar-refractivity contribution in [3.63, 3.8) is 0 Å². The third kappa shape index (κ3) is 4.38. The summed E-state index contributed by atoms with van der Waals surface area (Å²) in [6, 6.07) is 11.3. The lowest BCUT2D eigenvalue weighted by Crippen LogP contribution is -2.14. The molecule has 0 spiro atoms. The molecule has 0 fully saturated rings. The number of aryl methyl sites for hydroxylation is 1. The summed E-state index contributed by atoms with van der Waals surface area (Å²) in [6.45, 7) is 5.38. The van der Waals surface area contributed by atoms with E-state index in [9.17, 15) is 9.59 Å². The van der Waals surface area contributed by atoms with E-state index in [1.165, 1.54) is 11.1 Å². The summed E-state index contributed by atoms with van der Waals surface area (Å²) in [5, 5.41) is 9.02. The molecule has 1 aliphatic heterocycles. The number of halogens is 1. The normalized spacial score (nSPS) is 12.1. The lowest BCUT2D eigenvalue weighted by atomic mass is 10.1. The number of rotatable bonds is 4. The Morgan fingerprint density at radius 1 is 1.04 bits per heavy atom. The van der Waals surface area contributed by atoms with E-state index >= 15 is 0 Å². The van der Waals surface area contributed by atoms with Gasteiger partial charge < -0.3 is 16.0 Å². The zero-order valence-electron chi connectivity index (χ0n) is 14.3. The highest BCUT2D eigenvalue weighted by Crippen LogP contribution is 2.22. The van der Waals surface area contributed by atoms with Gasteiger partial charge in [-0.2, -0.15) is 0 Å². The average molecular weight is 360 g/mol. The Balaban J connectivity index is 0.00000225. The van der Waals surface area contributed by atoms with Crippen LogP contribution in [0.3, 0.4) is 0 Å². The predicted octanol–water partition coefficient (Wildman–Crippen LogP) is 3.62. The molecule has 0 bridgehead atoms. The van der Waals surface area contributed by atoms with Crippen molar-refractivity contribution in [2.24, 2.45) is 0 Å². The molecule has 3 N–H and O–H groups in total. The van der Waals surface area contributed by atoms with Crippen LogP contribution in [0, 0.1) is 6.92 Å². The third-order valence-electron chi connectivity index (χ3n) is 4.19. The zero-order chi connectivity index (χ0) is 17.1. The van der Waals surface area contributed by atoms with E-state index in [1.807, 2.05) is 37.3 Å². The van der Waals surface area contributed by atoms with Crippen molar-refractivity contribution in [1.29, 1.82) is 0 Å². The first-order valence-corrected chi connectivity index (χ1v) is 8.11. The number of carbonyl (C=O) groups excluding carboxylic acids is 2. The monoisotopic (exact) mass is 359 g/mol. The van der Waals surface area contributed by atoms with Gasteiger partial charge in [0, 0.05) is 36.4 Å². The first-order chi connectivity index (χ1) is 11.6. The molecule has 6 heteroatoms. The van der Waals surface area contributed by atoms with Gasteiger partial charge in [-0.3, -0.25) is 9.59 Å². The lowest BCUT2D eigenvalue weighted by Gasteiger charge is -2.12.